The second-order valence-electron chi connectivity index (χ2n) is 7.75. The van der Waals surface area contributed by atoms with Crippen LogP contribution in [0.1, 0.15) is 53.7 Å². The van der Waals surface area contributed by atoms with E-state index in [1.165, 1.54) is 6.92 Å². The van der Waals surface area contributed by atoms with E-state index in [-0.39, 0.29) is 36.0 Å². The number of benzene rings is 2. The fraction of sp³-hybridized carbons (Fsp3) is 0.375. The van der Waals surface area contributed by atoms with Crippen LogP contribution in [0.25, 0.3) is 0 Å². The Labute approximate surface area is 172 Å². The van der Waals surface area contributed by atoms with Crippen molar-refractivity contribution in [1.82, 2.24) is 10.2 Å². The minimum atomic E-state index is -0.343. The molecule has 1 N–H and O–H groups in total. The monoisotopic (exact) mass is 392 g/mol. The van der Waals surface area contributed by atoms with Gasteiger partial charge in [0.05, 0.1) is 12.5 Å². The first-order valence-electron chi connectivity index (χ1n) is 10.1. The average Bonchev–Trinajstić information content (AvgIpc) is 2.73. The standard InChI is InChI=1S/C24H28N2O3/c1-17-8-10-19(11-9-17)22(25-18(2)27)16-23(28)26-14-12-21(13-15-26)24(29)20-6-4-3-5-7-20/h3-11,21-22H,12-16H2,1-2H3,(H,25,27). The Morgan fingerprint density at radius 2 is 1.62 bits per heavy atom. The average molecular weight is 392 g/mol. The number of likely N-dealkylation sites (tertiary alicyclic amines) is 1. The van der Waals surface area contributed by atoms with E-state index in [0.29, 0.717) is 25.9 Å². The molecule has 1 aliphatic rings. The molecule has 1 heterocycles. The number of carbonyl (C=O) groups excluding carboxylic acids is 3. The van der Waals surface area contributed by atoms with Crippen LogP contribution in [0.15, 0.2) is 54.6 Å². The van der Waals surface area contributed by atoms with Gasteiger partial charge in [0.15, 0.2) is 5.78 Å². The summed E-state index contributed by atoms with van der Waals surface area (Å²) in [5.74, 6) is -0.0244. The molecular weight excluding hydrogens is 364 g/mol. The fourth-order valence-electron chi connectivity index (χ4n) is 3.83. The second kappa shape index (κ2) is 9.50. The largest absolute Gasteiger partial charge is 0.349 e. The van der Waals surface area contributed by atoms with Gasteiger partial charge in [-0.25, -0.2) is 0 Å². The van der Waals surface area contributed by atoms with Crippen molar-refractivity contribution in [3.63, 3.8) is 0 Å². The molecule has 1 fully saturated rings. The Morgan fingerprint density at radius 3 is 2.21 bits per heavy atom. The first kappa shape index (κ1) is 20.8. The molecule has 0 saturated carbocycles. The molecule has 0 radical (unpaired) electrons. The molecule has 2 aromatic rings. The van der Waals surface area contributed by atoms with Crippen LogP contribution in [0, 0.1) is 12.8 Å². The number of aryl methyl sites for hydroxylation is 1. The summed E-state index contributed by atoms with van der Waals surface area (Å²) in [6.07, 6.45) is 1.57. The Balaban J connectivity index is 1.59. The van der Waals surface area contributed by atoms with Gasteiger partial charge >= 0.3 is 0 Å². The number of Topliss-reactive ketones (excluding diaryl/α,β-unsaturated/α-hetero) is 1. The van der Waals surface area contributed by atoms with Crippen LogP contribution in [0.5, 0.6) is 0 Å². The van der Waals surface area contributed by atoms with Gasteiger partial charge < -0.3 is 10.2 Å². The van der Waals surface area contributed by atoms with Crippen LogP contribution < -0.4 is 5.32 Å². The van der Waals surface area contributed by atoms with Crippen molar-refractivity contribution in [1.29, 1.82) is 0 Å². The number of rotatable bonds is 6. The van der Waals surface area contributed by atoms with Gasteiger partial charge in [0.1, 0.15) is 0 Å². The maximum absolute atomic E-state index is 12.9. The predicted octanol–water partition coefficient (Wildman–Crippen LogP) is 3.68. The molecular formula is C24H28N2O3. The van der Waals surface area contributed by atoms with Gasteiger partial charge in [-0.1, -0.05) is 60.2 Å². The smallest absolute Gasteiger partial charge is 0.224 e. The minimum absolute atomic E-state index is 0.00920. The van der Waals surface area contributed by atoms with E-state index in [4.69, 9.17) is 0 Å². The first-order valence-corrected chi connectivity index (χ1v) is 10.1. The van der Waals surface area contributed by atoms with Gasteiger partial charge in [-0.2, -0.15) is 0 Å². The SMILES string of the molecule is CC(=O)NC(CC(=O)N1CCC(C(=O)c2ccccc2)CC1)c1ccc(C)cc1. The summed E-state index contributed by atoms with van der Waals surface area (Å²) in [5, 5.41) is 2.89. The Bertz CT molecular complexity index is 853. The molecule has 1 unspecified atom stereocenters. The van der Waals surface area contributed by atoms with Crippen molar-refractivity contribution in [2.24, 2.45) is 5.92 Å². The first-order chi connectivity index (χ1) is 13.9. The highest BCUT2D eigenvalue weighted by Gasteiger charge is 2.29. The van der Waals surface area contributed by atoms with Crippen LogP contribution in [-0.2, 0) is 9.59 Å². The third kappa shape index (κ3) is 5.53. The molecule has 0 aliphatic carbocycles. The van der Waals surface area contributed by atoms with Gasteiger partial charge in [0.2, 0.25) is 11.8 Å². The highest BCUT2D eigenvalue weighted by atomic mass is 16.2. The van der Waals surface area contributed by atoms with E-state index in [0.717, 1.165) is 16.7 Å². The van der Waals surface area contributed by atoms with Crippen molar-refractivity contribution < 1.29 is 14.4 Å². The van der Waals surface area contributed by atoms with Crippen LogP contribution in [0.2, 0.25) is 0 Å². The molecule has 0 aromatic heterocycles. The maximum Gasteiger partial charge on any atom is 0.224 e. The van der Waals surface area contributed by atoms with E-state index in [1.807, 2.05) is 66.4 Å². The molecule has 2 amide bonds. The number of nitrogens with zero attached hydrogens (tertiary/aromatic N) is 1. The molecule has 29 heavy (non-hydrogen) atoms. The number of carbonyl (C=O) groups is 3. The zero-order chi connectivity index (χ0) is 20.8. The van der Waals surface area contributed by atoms with E-state index >= 15 is 0 Å². The number of piperidine rings is 1. The Hall–Kier alpha value is -2.95. The fourth-order valence-corrected chi connectivity index (χ4v) is 3.83. The summed E-state index contributed by atoms with van der Waals surface area (Å²) in [7, 11) is 0. The molecule has 5 heteroatoms. The number of nitrogens with one attached hydrogen (secondary N) is 1. The Morgan fingerprint density at radius 1 is 1.00 bits per heavy atom. The summed E-state index contributed by atoms with van der Waals surface area (Å²) in [6, 6.07) is 16.9. The van der Waals surface area contributed by atoms with E-state index < -0.39 is 0 Å². The summed E-state index contributed by atoms with van der Waals surface area (Å²) < 4.78 is 0. The predicted molar refractivity (Wildman–Crippen MR) is 112 cm³/mol. The summed E-state index contributed by atoms with van der Waals surface area (Å²) in [5.41, 5.74) is 2.79. The lowest BCUT2D eigenvalue weighted by molar-refractivity contribution is -0.133. The highest BCUT2D eigenvalue weighted by Crippen LogP contribution is 2.24. The molecule has 152 valence electrons. The van der Waals surface area contributed by atoms with Gasteiger partial charge in [-0.3, -0.25) is 14.4 Å². The van der Waals surface area contributed by atoms with Crippen molar-refractivity contribution in [3.05, 3.63) is 71.3 Å². The summed E-state index contributed by atoms with van der Waals surface area (Å²) in [6.45, 7) is 4.61. The van der Waals surface area contributed by atoms with Crippen LogP contribution >= 0.6 is 0 Å². The van der Waals surface area contributed by atoms with Crippen molar-refractivity contribution in [2.75, 3.05) is 13.1 Å². The highest BCUT2D eigenvalue weighted by molar-refractivity contribution is 5.98. The van der Waals surface area contributed by atoms with Gasteiger partial charge in [-0.15, -0.1) is 0 Å². The van der Waals surface area contributed by atoms with E-state index in [2.05, 4.69) is 5.32 Å². The molecule has 0 bridgehead atoms. The number of hydrogen-bond acceptors (Lipinski definition) is 3. The van der Waals surface area contributed by atoms with Crippen molar-refractivity contribution in [2.45, 2.75) is 39.2 Å². The lowest BCUT2D eigenvalue weighted by atomic mass is 9.88. The van der Waals surface area contributed by atoms with Crippen LogP contribution in [-0.4, -0.2) is 35.6 Å². The van der Waals surface area contributed by atoms with Crippen LogP contribution in [0.3, 0.4) is 0 Å². The molecule has 2 aromatic carbocycles. The van der Waals surface area contributed by atoms with Crippen molar-refractivity contribution >= 4 is 17.6 Å². The second-order valence-corrected chi connectivity index (χ2v) is 7.75. The van der Waals surface area contributed by atoms with Gasteiger partial charge in [0.25, 0.3) is 0 Å². The topological polar surface area (TPSA) is 66.5 Å². The molecule has 1 aliphatic heterocycles. The third-order valence-corrected chi connectivity index (χ3v) is 5.51. The number of amides is 2. The quantitative estimate of drug-likeness (QED) is 0.763. The zero-order valence-corrected chi connectivity index (χ0v) is 17.1. The van der Waals surface area contributed by atoms with Gasteiger partial charge in [-0.05, 0) is 25.3 Å². The summed E-state index contributed by atoms with van der Waals surface area (Å²) in [4.78, 5) is 39.0. The van der Waals surface area contributed by atoms with Crippen LogP contribution in [0.4, 0.5) is 0 Å². The van der Waals surface area contributed by atoms with Crippen molar-refractivity contribution in [3.8, 4) is 0 Å². The van der Waals surface area contributed by atoms with Gasteiger partial charge in [0, 0.05) is 31.5 Å². The molecule has 1 saturated heterocycles. The maximum atomic E-state index is 12.9. The number of hydrogen-bond donors (Lipinski definition) is 1. The minimum Gasteiger partial charge on any atom is -0.349 e. The lowest BCUT2D eigenvalue weighted by Gasteiger charge is -2.32. The van der Waals surface area contributed by atoms with E-state index in [9.17, 15) is 14.4 Å². The number of ketones is 1. The zero-order valence-electron chi connectivity index (χ0n) is 17.1. The Kier molecular flexibility index (Phi) is 6.81. The normalized spacial score (nSPS) is 15.6. The summed E-state index contributed by atoms with van der Waals surface area (Å²) >= 11 is 0. The molecule has 3 rings (SSSR count). The lowest BCUT2D eigenvalue weighted by Crippen LogP contribution is -2.42. The van der Waals surface area contributed by atoms with E-state index in [1.54, 1.807) is 0 Å². The third-order valence-electron chi connectivity index (χ3n) is 5.51. The molecule has 1 atom stereocenters. The molecule has 0 spiro atoms. The molecule has 5 nitrogen and oxygen atoms in total.